The molecule has 0 radical (unpaired) electrons. The Morgan fingerprint density at radius 2 is 1.33 bits per heavy atom. The Kier molecular flexibility index (Phi) is 4.77. The van der Waals surface area contributed by atoms with Crippen LogP contribution in [0.4, 0.5) is 30.7 Å². The quantitative estimate of drug-likeness (QED) is 0.622. The maximum atomic E-state index is 13.4. The standard InChI is InChI=1S/C16H11F7O/c1-2-24-12-8-7-11(9-3-5-10(17)6-4-9)13(15(18,19)20)14(12)16(21,22)23/h3-8H,2H2,1H3. The van der Waals surface area contributed by atoms with Gasteiger partial charge in [-0.05, 0) is 36.2 Å². The lowest BCUT2D eigenvalue weighted by atomic mass is 9.93. The first-order valence-corrected chi connectivity index (χ1v) is 6.75. The molecule has 0 N–H and O–H groups in total. The second-order valence-electron chi connectivity index (χ2n) is 4.80. The Hall–Kier alpha value is -2.25. The molecule has 130 valence electrons. The third-order valence-electron chi connectivity index (χ3n) is 3.19. The van der Waals surface area contributed by atoms with Gasteiger partial charge < -0.3 is 4.74 Å². The lowest BCUT2D eigenvalue weighted by Gasteiger charge is -2.22. The summed E-state index contributed by atoms with van der Waals surface area (Å²) in [7, 11) is 0. The Morgan fingerprint density at radius 1 is 0.792 bits per heavy atom. The van der Waals surface area contributed by atoms with Gasteiger partial charge in [0.1, 0.15) is 17.1 Å². The number of hydrogen-bond acceptors (Lipinski definition) is 1. The molecule has 0 amide bonds. The van der Waals surface area contributed by atoms with Crippen LogP contribution in [-0.4, -0.2) is 6.61 Å². The number of halogens is 7. The van der Waals surface area contributed by atoms with Crippen LogP contribution in [-0.2, 0) is 12.4 Å². The zero-order chi connectivity index (χ0) is 18.1. The zero-order valence-corrected chi connectivity index (χ0v) is 12.2. The first-order valence-electron chi connectivity index (χ1n) is 6.75. The summed E-state index contributed by atoms with van der Waals surface area (Å²) in [5.74, 6) is -1.61. The van der Waals surface area contributed by atoms with Gasteiger partial charge in [-0.25, -0.2) is 4.39 Å². The summed E-state index contributed by atoms with van der Waals surface area (Å²) in [6, 6.07) is 5.44. The number of hydrogen-bond donors (Lipinski definition) is 0. The van der Waals surface area contributed by atoms with E-state index in [0.29, 0.717) is 0 Å². The van der Waals surface area contributed by atoms with Crippen LogP contribution in [0.2, 0.25) is 0 Å². The molecule has 2 rings (SSSR count). The molecule has 0 heterocycles. The van der Waals surface area contributed by atoms with E-state index < -0.39 is 40.6 Å². The molecule has 0 bridgehead atoms. The van der Waals surface area contributed by atoms with Crippen molar-refractivity contribution >= 4 is 0 Å². The van der Waals surface area contributed by atoms with Crippen LogP contribution in [0.5, 0.6) is 5.75 Å². The number of benzene rings is 2. The molecule has 0 atom stereocenters. The monoisotopic (exact) mass is 352 g/mol. The van der Waals surface area contributed by atoms with Gasteiger partial charge in [-0.2, -0.15) is 26.3 Å². The van der Waals surface area contributed by atoms with Crippen molar-refractivity contribution in [2.75, 3.05) is 6.61 Å². The van der Waals surface area contributed by atoms with Crippen molar-refractivity contribution in [1.82, 2.24) is 0 Å². The second-order valence-corrected chi connectivity index (χ2v) is 4.80. The minimum absolute atomic E-state index is 0.183. The molecule has 0 aliphatic heterocycles. The van der Waals surface area contributed by atoms with Crippen molar-refractivity contribution in [1.29, 1.82) is 0 Å². The fourth-order valence-corrected chi connectivity index (χ4v) is 2.31. The average Bonchev–Trinajstić information content (AvgIpc) is 2.46. The van der Waals surface area contributed by atoms with Gasteiger partial charge in [-0.15, -0.1) is 0 Å². The van der Waals surface area contributed by atoms with E-state index in [-0.39, 0.29) is 12.2 Å². The van der Waals surface area contributed by atoms with Crippen molar-refractivity contribution in [2.24, 2.45) is 0 Å². The van der Waals surface area contributed by atoms with Crippen LogP contribution >= 0.6 is 0 Å². The van der Waals surface area contributed by atoms with Gasteiger partial charge in [0.05, 0.1) is 12.2 Å². The van der Waals surface area contributed by atoms with Gasteiger partial charge in [-0.1, -0.05) is 18.2 Å². The maximum absolute atomic E-state index is 13.4. The smallest absolute Gasteiger partial charge is 0.420 e. The van der Waals surface area contributed by atoms with Gasteiger partial charge in [0.2, 0.25) is 0 Å². The van der Waals surface area contributed by atoms with E-state index in [2.05, 4.69) is 0 Å². The summed E-state index contributed by atoms with van der Waals surface area (Å²) >= 11 is 0. The van der Waals surface area contributed by atoms with Crippen LogP contribution in [0, 0.1) is 5.82 Å². The largest absolute Gasteiger partial charge is 0.493 e. The van der Waals surface area contributed by atoms with E-state index in [1.807, 2.05) is 0 Å². The average molecular weight is 352 g/mol. The van der Waals surface area contributed by atoms with Gasteiger partial charge in [0.25, 0.3) is 0 Å². The first kappa shape index (κ1) is 18.1. The fraction of sp³-hybridized carbons (Fsp3) is 0.250. The van der Waals surface area contributed by atoms with E-state index >= 15 is 0 Å². The molecule has 0 saturated heterocycles. The van der Waals surface area contributed by atoms with Crippen molar-refractivity contribution in [3.05, 3.63) is 53.3 Å². The molecule has 0 aliphatic carbocycles. The topological polar surface area (TPSA) is 9.23 Å². The SMILES string of the molecule is CCOc1ccc(-c2ccc(F)cc2)c(C(F)(F)F)c1C(F)(F)F. The van der Waals surface area contributed by atoms with Gasteiger partial charge in [0.15, 0.2) is 0 Å². The van der Waals surface area contributed by atoms with Crippen molar-refractivity contribution < 1.29 is 35.5 Å². The molecule has 2 aromatic rings. The predicted molar refractivity (Wildman–Crippen MR) is 73.0 cm³/mol. The predicted octanol–water partition coefficient (Wildman–Crippen LogP) is 5.93. The van der Waals surface area contributed by atoms with Crippen molar-refractivity contribution in [2.45, 2.75) is 19.3 Å². The van der Waals surface area contributed by atoms with E-state index in [4.69, 9.17) is 4.74 Å². The number of alkyl halides is 6. The molecule has 0 fully saturated rings. The molecular formula is C16H11F7O. The summed E-state index contributed by atoms with van der Waals surface area (Å²) in [5, 5.41) is 0. The summed E-state index contributed by atoms with van der Waals surface area (Å²) in [6.07, 6.45) is -10.5. The van der Waals surface area contributed by atoms with Crippen LogP contribution in [0.1, 0.15) is 18.1 Å². The maximum Gasteiger partial charge on any atom is 0.420 e. The molecule has 24 heavy (non-hydrogen) atoms. The summed E-state index contributed by atoms with van der Waals surface area (Å²) < 4.78 is 97.7. The third kappa shape index (κ3) is 3.63. The highest BCUT2D eigenvalue weighted by atomic mass is 19.4. The second kappa shape index (κ2) is 6.33. The first-order chi connectivity index (χ1) is 11.1. The summed E-state index contributed by atoms with van der Waals surface area (Å²) in [6.45, 7) is 1.14. The molecule has 8 heteroatoms. The van der Waals surface area contributed by atoms with Crippen LogP contribution in [0.15, 0.2) is 36.4 Å². The Labute approximate surface area is 132 Å². The molecule has 1 nitrogen and oxygen atoms in total. The normalized spacial score (nSPS) is 12.3. The number of rotatable bonds is 3. The highest BCUT2D eigenvalue weighted by Crippen LogP contribution is 2.49. The Bertz CT molecular complexity index is 715. The molecular weight excluding hydrogens is 341 g/mol. The van der Waals surface area contributed by atoms with Crippen LogP contribution < -0.4 is 4.74 Å². The Morgan fingerprint density at radius 3 is 1.79 bits per heavy atom. The molecule has 0 spiro atoms. The molecule has 0 aliphatic rings. The minimum Gasteiger partial charge on any atom is -0.493 e. The van der Waals surface area contributed by atoms with Gasteiger partial charge in [0, 0.05) is 0 Å². The Balaban J connectivity index is 2.84. The summed E-state index contributed by atoms with van der Waals surface area (Å²) in [4.78, 5) is 0. The van der Waals surface area contributed by atoms with Crippen LogP contribution in [0.25, 0.3) is 11.1 Å². The van der Waals surface area contributed by atoms with Gasteiger partial charge in [-0.3, -0.25) is 0 Å². The van der Waals surface area contributed by atoms with Crippen LogP contribution in [0.3, 0.4) is 0 Å². The van der Waals surface area contributed by atoms with E-state index in [1.165, 1.54) is 6.92 Å². The molecule has 2 aromatic carbocycles. The van der Waals surface area contributed by atoms with E-state index in [9.17, 15) is 30.7 Å². The van der Waals surface area contributed by atoms with Crippen molar-refractivity contribution in [3.63, 3.8) is 0 Å². The lowest BCUT2D eigenvalue weighted by molar-refractivity contribution is -0.162. The van der Waals surface area contributed by atoms with E-state index in [0.717, 1.165) is 36.4 Å². The van der Waals surface area contributed by atoms with Crippen molar-refractivity contribution in [3.8, 4) is 16.9 Å². The molecule has 0 unspecified atom stereocenters. The fourth-order valence-electron chi connectivity index (χ4n) is 2.31. The number of ether oxygens (including phenoxy) is 1. The highest BCUT2D eigenvalue weighted by molar-refractivity contribution is 5.72. The third-order valence-corrected chi connectivity index (χ3v) is 3.19. The van der Waals surface area contributed by atoms with Gasteiger partial charge >= 0.3 is 12.4 Å². The molecule has 0 aromatic heterocycles. The zero-order valence-electron chi connectivity index (χ0n) is 12.2. The minimum atomic E-state index is -5.28. The lowest BCUT2D eigenvalue weighted by Crippen LogP contribution is -2.19. The summed E-state index contributed by atoms with van der Waals surface area (Å²) in [5.41, 5.74) is -4.62. The van der Waals surface area contributed by atoms with E-state index in [1.54, 1.807) is 0 Å². The highest BCUT2D eigenvalue weighted by Gasteiger charge is 2.47. The molecule has 0 saturated carbocycles.